The van der Waals surface area contributed by atoms with E-state index in [1.165, 1.54) is 0 Å². The fraction of sp³-hybridized carbons (Fsp3) is 0.333. The fourth-order valence-corrected chi connectivity index (χ4v) is 1.57. The van der Waals surface area contributed by atoms with Crippen molar-refractivity contribution < 1.29 is 14.3 Å². The van der Waals surface area contributed by atoms with E-state index >= 15 is 0 Å². The third kappa shape index (κ3) is 1.77. The molecule has 2 N–H and O–H groups in total. The molecule has 5 heteroatoms. The molecule has 1 aliphatic heterocycles. The molecule has 0 saturated heterocycles. The van der Waals surface area contributed by atoms with Gasteiger partial charge < -0.3 is 14.3 Å². The Balaban J connectivity index is 2.23. The van der Waals surface area contributed by atoms with Crippen LogP contribution in [0.25, 0.3) is 0 Å². The van der Waals surface area contributed by atoms with E-state index in [0.717, 1.165) is 11.3 Å². The zero-order valence-corrected chi connectivity index (χ0v) is 8.21. The second-order valence-electron chi connectivity index (χ2n) is 2.92. The highest BCUT2D eigenvalue weighted by Crippen LogP contribution is 2.36. The lowest BCUT2D eigenvalue weighted by Gasteiger charge is -2.04. The first-order valence-electron chi connectivity index (χ1n) is 4.21. The molecule has 0 fully saturated rings. The molecule has 1 aromatic rings. The van der Waals surface area contributed by atoms with Crippen molar-refractivity contribution in [1.29, 1.82) is 0 Å². The second-order valence-corrected chi connectivity index (χ2v) is 3.32. The number of rotatable bonds is 3. The van der Waals surface area contributed by atoms with Gasteiger partial charge in [0.1, 0.15) is 0 Å². The molecule has 2 rings (SSSR count). The highest BCUT2D eigenvalue weighted by Gasteiger charge is 2.16. The maximum absolute atomic E-state index is 6.01. The van der Waals surface area contributed by atoms with Gasteiger partial charge in [-0.15, -0.1) is 0 Å². The first-order chi connectivity index (χ1) is 6.81. The minimum Gasteiger partial charge on any atom is -0.454 e. The van der Waals surface area contributed by atoms with Crippen LogP contribution in [0.4, 0.5) is 0 Å². The molecule has 0 saturated carbocycles. The Hall–Kier alpha value is -0.970. The zero-order chi connectivity index (χ0) is 9.97. The lowest BCUT2D eigenvalue weighted by atomic mass is 10.1. The van der Waals surface area contributed by atoms with Crippen LogP contribution in [-0.2, 0) is 11.3 Å². The quantitative estimate of drug-likeness (QED) is 0.777. The fourth-order valence-electron chi connectivity index (χ4n) is 1.32. The molecule has 0 amide bonds. The molecule has 0 spiro atoms. The van der Waals surface area contributed by atoms with Crippen LogP contribution in [0.5, 0.6) is 11.5 Å². The van der Waals surface area contributed by atoms with Gasteiger partial charge in [-0.3, -0.25) is 0 Å². The molecule has 0 atom stereocenters. The molecule has 0 unspecified atom stereocenters. The number of hydrogen-bond donors (Lipinski definition) is 1. The summed E-state index contributed by atoms with van der Waals surface area (Å²) in [6, 6.07) is 3.60. The Morgan fingerprint density at radius 3 is 2.79 bits per heavy atom. The Bertz CT molecular complexity index is 343. The summed E-state index contributed by atoms with van der Waals surface area (Å²) in [4.78, 5) is 4.49. The zero-order valence-electron chi connectivity index (χ0n) is 7.46. The molecule has 76 valence electrons. The molecule has 4 nitrogen and oxygen atoms in total. The van der Waals surface area contributed by atoms with Crippen molar-refractivity contribution in [3.05, 3.63) is 22.7 Å². The van der Waals surface area contributed by atoms with Gasteiger partial charge in [0.25, 0.3) is 0 Å². The number of halogens is 1. The van der Waals surface area contributed by atoms with Gasteiger partial charge in [-0.2, -0.15) is 0 Å². The third-order valence-electron chi connectivity index (χ3n) is 2.03. The smallest absolute Gasteiger partial charge is 0.231 e. The Labute approximate surface area is 86.5 Å². The minimum atomic E-state index is 0.252. The van der Waals surface area contributed by atoms with Crippen molar-refractivity contribution in [2.75, 3.05) is 13.4 Å². The van der Waals surface area contributed by atoms with Gasteiger partial charge in [0.15, 0.2) is 11.5 Å². The van der Waals surface area contributed by atoms with Crippen LogP contribution in [0, 0.1) is 0 Å². The maximum atomic E-state index is 6.01. The van der Waals surface area contributed by atoms with Crippen molar-refractivity contribution in [3.8, 4) is 11.5 Å². The summed E-state index contributed by atoms with van der Waals surface area (Å²) in [7, 11) is 0. The number of fused-ring (bicyclic) bond motifs is 1. The molecular weight excluding hydrogens is 206 g/mol. The number of benzene rings is 1. The average Bonchev–Trinajstić information content (AvgIpc) is 2.61. The van der Waals surface area contributed by atoms with Gasteiger partial charge in [0.2, 0.25) is 6.79 Å². The van der Waals surface area contributed by atoms with E-state index in [2.05, 4.69) is 4.84 Å². The Morgan fingerprint density at radius 2 is 2.07 bits per heavy atom. The molecule has 1 aromatic carbocycles. The van der Waals surface area contributed by atoms with E-state index in [-0.39, 0.29) is 6.79 Å². The summed E-state index contributed by atoms with van der Waals surface area (Å²) >= 11 is 6.01. The molecule has 14 heavy (non-hydrogen) atoms. The van der Waals surface area contributed by atoms with Crippen molar-refractivity contribution in [2.45, 2.75) is 6.42 Å². The van der Waals surface area contributed by atoms with Crippen molar-refractivity contribution in [2.24, 2.45) is 5.90 Å². The van der Waals surface area contributed by atoms with Crippen molar-refractivity contribution in [1.82, 2.24) is 0 Å². The summed E-state index contributed by atoms with van der Waals surface area (Å²) in [5.41, 5.74) is 0.946. The molecule has 1 aliphatic rings. The SMILES string of the molecule is NOCCc1cc2c(cc1Cl)OCO2. The molecule has 1 heterocycles. The summed E-state index contributed by atoms with van der Waals surface area (Å²) in [6.45, 7) is 0.682. The van der Waals surface area contributed by atoms with Crippen LogP contribution in [-0.4, -0.2) is 13.4 Å². The topological polar surface area (TPSA) is 53.7 Å². The number of ether oxygens (including phenoxy) is 2. The highest BCUT2D eigenvalue weighted by molar-refractivity contribution is 6.31. The van der Waals surface area contributed by atoms with Crippen LogP contribution >= 0.6 is 11.6 Å². The third-order valence-corrected chi connectivity index (χ3v) is 2.38. The minimum absolute atomic E-state index is 0.252. The van der Waals surface area contributed by atoms with E-state index in [9.17, 15) is 0 Å². The van der Waals surface area contributed by atoms with Crippen LogP contribution in [0.1, 0.15) is 5.56 Å². The normalized spacial score (nSPS) is 13.3. The largest absolute Gasteiger partial charge is 0.454 e. The Kier molecular flexibility index (Phi) is 2.77. The van der Waals surface area contributed by atoms with Crippen molar-refractivity contribution in [3.63, 3.8) is 0 Å². The molecule has 0 radical (unpaired) electrons. The highest BCUT2D eigenvalue weighted by atomic mass is 35.5. The van der Waals surface area contributed by atoms with Crippen LogP contribution in [0.2, 0.25) is 5.02 Å². The van der Waals surface area contributed by atoms with Crippen LogP contribution in [0.15, 0.2) is 12.1 Å². The summed E-state index contributed by atoms with van der Waals surface area (Å²) in [5.74, 6) is 6.35. The van der Waals surface area contributed by atoms with Gasteiger partial charge in [0, 0.05) is 11.1 Å². The predicted molar refractivity (Wildman–Crippen MR) is 51.4 cm³/mol. The van der Waals surface area contributed by atoms with E-state index in [1.807, 2.05) is 6.07 Å². The monoisotopic (exact) mass is 215 g/mol. The van der Waals surface area contributed by atoms with Crippen LogP contribution < -0.4 is 15.4 Å². The van der Waals surface area contributed by atoms with Crippen LogP contribution in [0.3, 0.4) is 0 Å². The van der Waals surface area contributed by atoms with Crippen molar-refractivity contribution >= 4 is 11.6 Å². The molecular formula is C9H10ClNO3. The summed E-state index contributed by atoms with van der Waals surface area (Å²) < 4.78 is 10.4. The number of nitrogens with two attached hydrogens (primary N) is 1. The first-order valence-corrected chi connectivity index (χ1v) is 4.59. The Morgan fingerprint density at radius 1 is 1.36 bits per heavy atom. The van der Waals surface area contributed by atoms with E-state index in [1.54, 1.807) is 6.07 Å². The van der Waals surface area contributed by atoms with E-state index < -0.39 is 0 Å². The van der Waals surface area contributed by atoms with Gasteiger partial charge in [-0.1, -0.05) is 11.6 Å². The first kappa shape index (κ1) is 9.58. The lowest BCUT2D eigenvalue weighted by Crippen LogP contribution is -2.04. The maximum Gasteiger partial charge on any atom is 0.231 e. The second kappa shape index (κ2) is 4.04. The predicted octanol–water partition coefficient (Wildman–Crippen LogP) is 1.50. The summed E-state index contributed by atoms with van der Waals surface area (Å²) in [6.07, 6.45) is 0.659. The van der Waals surface area contributed by atoms with Gasteiger partial charge in [-0.05, 0) is 18.1 Å². The molecule has 0 aromatic heterocycles. The van der Waals surface area contributed by atoms with Gasteiger partial charge in [0.05, 0.1) is 6.61 Å². The van der Waals surface area contributed by atoms with E-state index in [0.29, 0.717) is 23.8 Å². The lowest BCUT2D eigenvalue weighted by molar-refractivity contribution is 0.141. The van der Waals surface area contributed by atoms with E-state index in [4.69, 9.17) is 27.0 Å². The van der Waals surface area contributed by atoms with Gasteiger partial charge in [-0.25, -0.2) is 5.90 Å². The molecule has 0 aliphatic carbocycles. The summed E-state index contributed by atoms with van der Waals surface area (Å²) in [5, 5.41) is 0.645. The van der Waals surface area contributed by atoms with Gasteiger partial charge >= 0.3 is 0 Å². The average molecular weight is 216 g/mol. The standard InChI is InChI=1S/C9H10ClNO3/c10-7-4-9-8(12-5-13-9)3-6(7)1-2-14-11/h3-4H,1-2,5,11H2. The number of hydrogen-bond acceptors (Lipinski definition) is 4. The molecule has 0 bridgehead atoms.